The van der Waals surface area contributed by atoms with Gasteiger partial charge in [-0.25, -0.2) is 13.1 Å². The summed E-state index contributed by atoms with van der Waals surface area (Å²) >= 11 is 0. The molecular formula is C17H17F3N2O4S. The van der Waals surface area contributed by atoms with E-state index in [1.165, 1.54) is 16.9 Å². The number of hydrogen-bond donors (Lipinski definition) is 2. The van der Waals surface area contributed by atoms with Crippen molar-refractivity contribution >= 4 is 21.6 Å². The molecule has 0 radical (unpaired) electrons. The van der Waals surface area contributed by atoms with Crippen LogP contribution in [-0.4, -0.2) is 33.7 Å². The van der Waals surface area contributed by atoms with Crippen molar-refractivity contribution in [1.82, 2.24) is 4.72 Å². The molecule has 0 saturated heterocycles. The highest BCUT2D eigenvalue weighted by molar-refractivity contribution is 7.89. The predicted octanol–water partition coefficient (Wildman–Crippen LogP) is 2.85. The number of aryl methyl sites for hydroxylation is 1. The first kappa shape index (κ1) is 20.7. The van der Waals surface area contributed by atoms with Crippen LogP contribution in [0.1, 0.15) is 5.56 Å². The van der Waals surface area contributed by atoms with E-state index in [9.17, 15) is 26.4 Å². The van der Waals surface area contributed by atoms with Crippen molar-refractivity contribution in [2.45, 2.75) is 18.0 Å². The van der Waals surface area contributed by atoms with E-state index < -0.39 is 28.7 Å². The lowest BCUT2D eigenvalue weighted by atomic mass is 10.2. The molecule has 0 aliphatic rings. The zero-order chi connectivity index (χ0) is 20.1. The van der Waals surface area contributed by atoms with Gasteiger partial charge in [-0.15, -0.1) is 0 Å². The molecule has 0 heterocycles. The smallest absolute Gasteiger partial charge is 0.402 e. The second-order valence-corrected chi connectivity index (χ2v) is 7.38. The van der Waals surface area contributed by atoms with Gasteiger partial charge < -0.3 is 10.1 Å². The van der Waals surface area contributed by atoms with E-state index >= 15 is 0 Å². The van der Waals surface area contributed by atoms with Crippen molar-refractivity contribution in [2.24, 2.45) is 0 Å². The quantitative estimate of drug-likeness (QED) is 0.746. The second kappa shape index (κ2) is 8.40. The Labute approximate surface area is 154 Å². The maximum Gasteiger partial charge on any atom is 0.402 e. The normalized spacial score (nSPS) is 11.9. The van der Waals surface area contributed by atoms with Gasteiger partial charge in [0.05, 0.1) is 4.90 Å². The van der Waals surface area contributed by atoms with Crippen LogP contribution in [0.15, 0.2) is 53.4 Å². The van der Waals surface area contributed by atoms with Crippen molar-refractivity contribution in [3.63, 3.8) is 0 Å². The monoisotopic (exact) mass is 402 g/mol. The lowest BCUT2D eigenvalue weighted by Crippen LogP contribution is -2.33. The first-order valence-corrected chi connectivity index (χ1v) is 9.19. The number of carbonyl (C=O) groups is 1. The van der Waals surface area contributed by atoms with Gasteiger partial charge in [0.1, 0.15) is 12.3 Å². The maximum atomic E-state index is 12.1. The van der Waals surface area contributed by atoms with Gasteiger partial charge in [0.2, 0.25) is 10.0 Å². The highest BCUT2D eigenvalue weighted by atomic mass is 32.2. The minimum absolute atomic E-state index is 0.253. The van der Waals surface area contributed by atoms with Crippen molar-refractivity contribution in [2.75, 3.05) is 18.5 Å². The standard InChI is InChI=1S/C17H17F3N2O4S/c1-12-3-2-4-14(9-12)26-10-16(23)22-13-5-7-15(8-6-13)27(24,25)21-11-17(18,19)20/h2-9,21H,10-11H2,1H3,(H,22,23). The topological polar surface area (TPSA) is 84.5 Å². The summed E-state index contributed by atoms with van der Waals surface area (Å²) in [6.07, 6.45) is -4.65. The number of carbonyl (C=O) groups excluding carboxylic acids is 1. The summed E-state index contributed by atoms with van der Waals surface area (Å²) in [5.41, 5.74) is 1.26. The molecule has 0 aliphatic heterocycles. The number of amides is 1. The molecule has 10 heteroatoms. The number of nitrogens with one attached hydrogen (secondary N) is 2. The number of halogens is 3. The van der Waals surface area contributed by atoms with Crippen LogP contribution in [0.25, 0.3) is 0 Å². The van der Waals surface area contributed by atoms with E-state index in [-0.39, 0.29) is 17.2 Å². The summed E-state index contributed by atoms with van der Waals surface area (Å²) in [5.74, 6) is 0.0599. The number of hydrogen-bond acceptors (Lipinski definition) is 4. The summed E-state index contributed by atoms with van der Waals surface area (Å²) < 4.78 is 66.8. The summed E-state index contributed by atoms with van der Waals surface area (Å²) in [6.45, 7) is -0.0349. The largest absolute Gasteiger partial charge is 0.484 e. The first-order valence-electron chi connectivity index (χ1n) is 7.71. The molecule has 27 heavy (non-hydrogen) atoms. The van der Waals surface area contributed by atoms with Crippen molar-refractivity contribution < 1.29 is 31.1 Å². The molecule has 0 atom stereocenters. The third kappa shape index (κ3) is 6.91. The Kier molecular flexibility index (Phi) is 6.45. The van der Waals surface area contributed by atoms with Gasteiger partial charge in [0.15, 0.2) is 6.61 Å². The van der Waals surface area contributed by atoms with Crippen LogP contribution in [-0.2, 0) is 14.8 Å². The highest BCUT2D eigenvalue weighted by Crippen LogP contribution is 2.17. The van der Waals surface area contributed by atoms with Gasteiger partial charge >= 0.3 is 6.18 Å². The Balaban J connectivity index is 1.92. The molecule has 2 aromatic carbocycles. The molecule has 0 spiro atoms. The molecule has 0 aliphatic carbocycles. The summed E-state index contributed by atoms with van der Waals surface area (Å²) in [4.78, 5) is 11.5. The third-order valence-electron chi connectivity index (χ3n) is 3.27. The molecule has 0 unspecified atom stereocenters. The van der Waals surface area contributed by atoms with E-state index in [1.54, 1.807) is 18.2 Å². The van der Waals surface area contributed by atoms with Crippen LogP contribution in [0.5, 0.6) is 5.75 Å². The minimum Gasteiger partial charge on any atom is -0.484 e. The molecule has 146 valence electrons. The lowest BCUT2D eigenvalue weighted by Gasteiger charge is -2.10. The number of rotatable bonds is 7. The van der Waals surface area contributed by atoms with Crippen LogP contribution in [0, 0.1) is 6.92 Å². The van der Waals surface area contributed by atoms with Crippen molar-refractivity contribution in [1.29, 1.82) is 0 Å². The molecule has 0 saturated carbocycles. The van der Waals surface area contributed by atoms with E-state index in [1.807, 2.05) is 13.0 Å². The van der Waals surface area contributed by atoms with E-state index in [2.05, 4.69) is 5.32 Å². The van der Waals surface area contributed by atoms with E-state index in [0.29, 0.717) is 5.75 Å². The fourth-order valence-electron chi connectivity index (χ4n) is 2.03. The zero-order valence-corrected chi connectivity index (χ0v) is 15.0. The Bertz CT molecular complexity index is 897. The number of benzene rings is 2. The van der Waals surface area contributed by atoms with Crippen LogP contribution >= 0.6 is 0 Å². The number of alkyl halides is 3. The summed E-state index contributed by atoms with van der Waals surface area (Å²) in [6, 6.07) is 11.9. The zero-order valence-electron chi connectivity index (χ0n) is 14.2. The summed E-state index contributed by atoms with van der Waals surface area (Å²) in [7, 11) is -4.30. The van der Waals surface area contributed by atoms with E-state index in [0.717, 1.165) is 17.7 Å². The van der Waals surface area contributed by atoms with Crippen LogP contribution in [0.4, 0.5) is 18.9 Å². The van der Waals surface area contributed by atoms with Gasteiger partial charge in [0, 0.05) is 5.69 Å². The molecule has 2 rings (SSSR count). The number of ether oxygens (including phenoxy) is 1. The van der Waals surface area contributed by atoms with E-state index in [4.69, 9.17) is 4.74 Å². The molecule has 6 nitrogen and oxygen atoms in total. The molecule has 0 fully saturated rings. The van der Waals surface area contributed by atoms with Crippen LogP contribution in [0.2, 0.25) is 0 Å². The van der Waals surface area contributed by atoms with Gasteiger partial charge in [-0.1, -0.05) is 12.1 Å². The molecule has 2 N–H and O–H groups in total. The molecule has 1 amide bonds. The SMILES string of the molecule is Cc1cccc(OCC(=O)Nc2ccc(S(=O)(=O)NCC(F)(F)F)cc2)c1. The molecule has 0 bridgehead atoms. The van der Waals surface area contributed by atoms with Crippen LogP contribution in [0.3, 0.4) is 0 Å². The minimum atomic E-state index is -4.65. The Morgan fingerprint density at radius 3 is 2.37 bits per heavy atom. The van der Waals surface area contributed by atoms with Crippen molar-refractivity contribution in [3.05, 3.63) is 54.1 Å². The lowest BCUT2D eigenvalue weighted by molar-refractivity contribution is -0.121. The molecule has 0 aromatic heterocycles. The average Bonchev–Trinajstić information content (AvgIpc) is 2.58. The Morgan fingerprint density at radius 1 is 1.11 bits per heavy atom. The predicted molar refractivity (Wildman–Crippen MR) is 93.0 cm³/mol. The van der Waals surface area contributed by atoms with Crippen LogP contribution < -0.4 is 14.8 Å². The second-order valence-electron chi connectivity index (χ2n) is 5.62. The third-order valence-corrected chi connectivity index (χ3v) is 4.69. The van der Waals surface area contributed by atoms with Gasteiger partial charge in [0.25, 0.3) is 5.91 Å². The molecule has 2 aromatic rings. The fraction of sp³-hybridized carbons (Fsp3) is 0.235. The van der Waals surface area contributed by atoms with Gasteiger partial charge in [-0.2, -0.15) is 13.2 Å². The number of sulfonamides is 1. The highest BCUT2D eigenvalue weighted by Gasteiger charge is 2.30. The first-order chi connectivity index (χ1) is 12.5. The summed E-state index contributed by atoms with van der Waals surface area (Å²) in [5, 5.41) is 2.50. The number of anilines is 1. The molecular weight excluding hydrogens is 385 g/mol. The Hall–Kier alpha value is -2.59. The van der Waals surface area contributed by atoms with Gasteiger partial charge in [-0.05, 0) is 48.9 Å². The fourth-order valence-corrected chi connectivity index (χ4v) is 3.04. The average molecular weight is 402 g/mol. The van der Waals surface area contributed by atoms with Gasteiger partial charge in [-0.3, -0.25) is 4.79 Å². The Morgan fingerprint density at radius 2 is 1.78 bits per heavy atom. The van der Waals surface area contributed by atoms with Crippen molar-refractivity contribution in [3.8, 4) is 5.75 Å². The maximum absolute atomic E-state index is 12.1.